The monoisotopic (exact) mass is 180 g/mol. The number of hydrogen-bond donors (Lipinski definition) is 1. The maximum atomic E-state index is 4.21. The predicted octanol–water partition coefficient (Wildman–Crippen LogP) is 0.847. The van der Waals surface area contributed by atoms with Crippen LogP contribution in [0.1, 0.15) is 31.5 Å². The van der Waals surface area contributed by atoms with Gasteiger partial charge in [-0.05, 0) is 12.8 Å². The fourth-order valence-electron chi connectivity index (χ4n) is 1.83. The minimum Gasteiger partial charge on any atom is -0.307 e. The average molecular weight is 180 g/mol. The molecule has 0 radical (unpaired) electrons. The van der Waals surface area contributed by atoms with Crippen LogP contribution in [0.3, 0.4) is 0 Å². The molecule has 0 saturated heterocycles. The van der Waals surface area contributed by atoms with Crippen molar-refractivity contribution in [2.45, 2.75) is 38.3 Å². The van der Waals surface area contributed by atoms with Crippen molar-refractivity contribution in [1.82, 2.24) is 20.1 Å². The molecule has 1 heterocycles. The van der Waals surface area contributed by atoms with Gasteiger partial charge in [0.25, 0.3) is 0 Å². The molecule has 13 heavy (non-hydrogen) atoms. The van der Waals surface area contributed by atoms with Crippen LogP contribution in [0.4, 0.5) is 0 Å². The fourth-order valence-corrected chi connectivity index (χ4v) is 1.83. The highest BCUT2D eigenvalue weighted by Gasteiger charge is 2.14. The molecule has 0 spiro atoms. The van der Waals surface area contributed by atoms with Crippen LogP contribution in [0.15, 0.2) is 6.33 Å². The number of aromatic nitrogens is 3. The number of nitrogens with zero attached hydrogens (tertiary/aromatic N) is 3. The standard InChI is InChI=1S/C9H16N4/c1-13-7-11-9(12-13)6-10-8-4-2-3-5-8/h7-8,10H,2-6H2,1H3. The molecule has 0 aliphatic heterocycles. The van der Waals surface area contributed by atoms with Crippen molar-refractivity contribution in [1.29, 1.82) is 0 Å². The Bertz CT molecular complexity index is 262. The van der Waals surface area contributed by atoms with E-state index in [0.29, 0.717) is 6.04 Å². The van der Waals surface area contributed by atoms with Gasteiger partial charge in [-0.2, -0.15) is 5.10 Å². The zero-order valence-corrected chi connectivity index (χ0v) is 8.03. The van der Waals surface area contributed by atoms with Gasteiger partial charge in [0, 0.05) is 13.1 Å². The van der Waals surface area contributed by atoms with Crippen LogP contribution in [0.5, 0.6) is 0 Å². The van der Waals surface area contributed by atoms with Gasteiger partial charge in [0.2, 0.25) is 0 Å². The largest absolute Gasteiger partial charge is 0.307 e. The van der Waals surface area contributed by atoms with Gasteiger partial charge in [0.1, 0.15) is 6.33 Å². The Balaban J connectivity index is 1.78. The molecule has 1 aromatic heterocycles. The lowest BCUT2D eigenvalue weighted by Gasteiger charge is -2.08. The van der Waals surface area contributed by atoms with Crippen LogP contribution in [-0.2, 0) is 13.6 Å². The molecule has 0 amide bonds. The first-order valence-corrected chi connectivity index (χ1v) is 4.92. The maximum Gasteiger partial charge on any atom is 0.164 e. The minimum absolute atomic E-state index is 0.698. The van der Waals surface area contributed by atoms with E-state index in [1.165, 1.54) is 25.7 Å². The quantitative estimate of drug-likeness (QED) is 0.749. The normalized spacial score (nSPS) is 18.2. The van der Waals surface area contributed by atoms with E-state index in [1.807, 2.05) is 7.05 Å². The third-order valence-electron chi connectivity index (χ3n) is 2.55. The molecule has 1 fully saturated rings. The predicted molar refractivity (Wildman–Crippen MR) is 50.1 cm³/mol. The highest BCUT2D eigenvalue weighted by Crippen LogP contribution is 2.17. The van der Waals surface area contributed by atoms with E-state index in [9.17, 15) is 0 Å². The van der Waals surface area contributed by atoms with Crippen molar-refractivity contribution in [3.05, 3.63) is 12.2 Å². The topological polar surface area (TPSA) is 42.7 Å². The summed E-state index contributed by atoms with van der Waals surface area (Å²) in [6.07, 6.45) is 7.10. The third-order valence-corrected chi connectivity index (χ3v) is 2.55. The Morgan fingerprint density at radius 2 is 2.31 bits per heavy atom. The van der Waals surface area contributed by atoms with Crippen molar-refractivity contribution >= 4 is 0 Å². The van der Waals surface area contributed by atoms with Crippen LogP contribution in [0.25, 0.3) is 0 Å². The Hall–Kier alpha value is -0.900. The molecule has 4 nitrogen and oxygen atoms in total. The van der Waals surface area contributed by atoms with E-state index < -0.39 is 0 Å². The molecule has 1 aliphatic carbocycles. The van der Waals surface area contributed by atoms with E-state index in [-0.39, 0.29) is 0 Å². The Kier molecular flexibility index (Phi) is 2.59. The van der Waals surface area contributed by atoms with Crippen LogP contribution in [0.2, 0.25) is 0 Å². The summed E-state index contributed by atoms with van der Waals surface area (Å²) in [5.74, 6) is 0.898. The van der Waals surface area contributed by atoms with Gasteiger partial charge in [-0.15, -0.1) is 0 Å². The Morgan fingerprint density at radius 3 is 2.92 bits per heavy atom. The molecule has 0 aromatic carbocycles. The van der Waals surface area contributed by atoms with Crippen LogP contribution < -0.4 is 5.32 Å². The lowest BCUT2D eigenvalue weighted by Crippen LogP contribution is -2.25. The average Bonchev–Trinajstić information content (AvgIpc) is 2.71. The zero-order valence-electron chi connectivity index (χ0n) is 8.03. The molecule has 2 rings (SSSR count). The first-order valence-electron chi connectivity index (χ1n) is 4.92. The van der Waals surface area contributed by atoms with Crippen molar-refractivity contribution in [3.8, 4) is 0 Å². The van der Waals surface area contributed by atoms with Crippen LogP contribution in [-0.4, -0.2) is 20.8 Å². The maximum absolute atomic E-state index is 4.21. The smallest absolute Gasteiger partial charge is 0.164 e. The van der Waals surface area contributed by atoms with E-state index in [4.69, 9.17) is 0 Å². The molecule has 1 aliphatic rings. The second kappa shape index (κ2) is 3.87. The summed E-state index contributed by atoms with van der Waals surface area (Å²) in [4.78, 5) is 4.17. The second-order valence-electron chi connectivity index (χ2n) is 3.70. The van der Waals surface area contributed by atoms with E-state index in [0.717, 1.165) is 12.4 Å². The molecule has 1 saturated carbocycles. The second-order valence-corrected chi connectivity index (χ2v) is 3.70. The SMILES string of the molecule is Cn1cnc(CNC2CCCC2)n1. The van der Waals surface area contributed by atoms with Gasteiger partial charge in [-0.25, -0.2) is 4.98 Å². The van der Waals surface area contributed by atoms with E-state index in [1.54, 1.807) is 11.0 Å². The van der Waals surface area contributed by atoms with Gasteiger partial charge in [0.05, 0.1) is 6.54 Å². The molecule has 0 unspecified atom stereocenters. The van der Waals surface area contributed by atoms with Crippen molar-refractivity contribution in [2.24, 2.45) is 7.05 Å². The molecule has 1 aromatic rings. The summed E-state index contributed by atoms with van der Waals surface area (Å²) >= 11 is 0. The summed E-state index contributed by atoms with van der Waals surface area (Å²) in [6.45, 7) is 0.811. The van der Waals surface area contributed by atoms with Gasteiger partial charge in [0.15, 0.2) is 5.82 Å². The van der Waals surface area contributed by atoms with Gasteiger partial charge >= 0.3 is 0 Å². The number of hydrogen-bond acceptors (Lipinski definition) is 3. The molecular formula is C9H16N4. The van der Waals surface area contributed by atoms with Crippen molar-refractivity contribution in [3.63, 3.8) is 0 Å². The molecule has 1 N–H and O–H groups in total. The minimum atomic E-state index is 0.698. The molecular weight excluding hydrogens is 164 g/mol. The van der Waals surface area contributed by atoms with Crippen LogP contribution >= 0.6 is 0 Å². The molecule has 0 atom stereocenters. The third kappa shape index (κ3) is 2.28. The summed E-state index contributed by atoms with van der Waals surface area (Å²) in [5, 5.41) is 7.69. The summed E-state index contributed by atoms with van der Waals surface area (Å²) in [5.41, 5.74) is 0. The lowest BCUT2D eigenvalue weighted by molar-refractivity contribution is 0.512. The highest BCUT2D eigenvalue weighted by atomic mass is 15.3. The summed E-state index contributed by atoms with van der Waals surface area (Å²) in [7, 11) is 1.89. The van der Waals surface area contributed by atoms with Gasteiger partial charge < -0.3 is 5.32 Å². The van der Waals surface area contributed by atoms with E-state index in [2.05, 4.69) is 15.4 Å². The Morgan fingerprint density at radius 1 is 1.54 bits per heavy atom. The van der Waals surface area contributed by atoms with Gasteiger partial charge in [-0.1, -0.05) is 12.8 Å². The molecule has 4 heteroatoms. The zero-order chi connectivity index (χ0) is 9.10. The fraction of sp³-hybridized carbons (Fsp3) is 0.778. The molecule has 72 valence electrons. The Labute approximate surface area is 78.4 Å². The van der Waals surface area contributed by atoms with Crippen molar-refractivity contribution < 1.29 is 0 Å². The number of nitrogens with one attached hydrogen (secondary N) is 1. The first-order chi connectivity index (χ1) is 6.34. The van der Waals surface area contributed by atoms with Crippen LogP contribution in [0, 0.1) is 0 Å². The van der Waals surface area contributed by atoms with Gasteiger partial charge in [-0.3, -0.25) is 4.68 Å². The molecule has 0 bridgehead atoms. The summed E-state index contributed by atoms with van der Waals surface area (Å²) in [6, 6.07) is 0.698. The van der Waals surface area contributed by atoms with Crippen molar-refractivity contribution in [2.75, 3.05) is 0 Å². The van der Waals surface area contributed by atoms with E-state index >= 15 is 0 Å². The summed E-state index contributed by atoms with van der Waals surface area (Å²) < 4.78 is 1.74. The first kappa shape index (κ1) is 8.69. The number of rotatable bonds is 3. The number of aryl methyl sites for hydroxylation is 1. The lowest BCUT2D eigenvalue weighted by atomic mass is 10.2. The highest BCUT2D eigenvalue weighted by molar-refractivity contribution is 4.83.